The minimum Gasteiger partial charge on any atom is -0.493 e. The molecule has 31 heavy (non-hydrogen) atoms. The van der Waals surface area contributed by atoms with Gasteiger partial charge >= 0.3 is 11.9 Å². The fourth-order valence-corrected chi connectivity index (χ4v) is 3.05. The molecule has 2 N–H and O–H groups in total. The molecule has 3 aromatic carbocycles. The Morgan fingerprint density at radius 1 is 1.03 bits per heavy atom. The van der Waals surface area contributed by atoms with Crippen LogP contribution in [0.15, 0.2) is 65.8 Å². The number of hydrazone groups is 1. The average Bonchev–Trinajstić information content (AvgIpc) is 2.74. The van der Waals surface area contributed by atoms with Crippen LogP contribution >= 0.6 is 23.2 Å². The first kappa shape index (κ1) is 22.1. The Labute approximate surface area is 187 Å². The molecule has 0 unspecified atom stereocenters. The predicted molar refractivity (Wildman–Crippen MR) is 119 cm³/mol. The van der Waals surface area contributed by atoms with Crippen molar-refractivity contribution in [3.63, 3.8) is 0 Å². The maximum Gasteiger partial charge on any atom is 0.345 e. The lowest BCUT2D eigenvalue weighted by molar-refractivity contribution is 0.0694. The van der Waals surface area contributed by atoms with Gasteiger partial charge in [-0.25, -0.2) is 9.59 Å². The van der Waals surface area contributed by atoms with Crippen molar-refractivity contribution in [3.05, 3.63) is 87.4 Å². The number of carboxylic acids is 1. The summed E-state index contributed by atoms with van der Waals surface area (Å²) in [5.74, 6) is -1.16. The van der Waals surface area contributed by atoms with Gasteiger partial charge in [0.1, 0.15) is 0 Å². The second-order valence-corrected chi connectivity index (χ2v) is 7.02. The fraction of sp³-hybridized carbons (Fsp3) is 0.0455. The van der Waals surface area contributed by atoms with Crippen molar-refractivity contribution in [2.24, 2.45) is 5.10 Å². The van der Waals surface area contributed by atoms with Crippen LogP contribution in [0.25, 0.3) is 0 Å². The molecular formula is C22H16Cl2N2O5. The van der Waals surface area contributed by atoms with Gasteiger partial charge in [-0.3, -0.25) is 5.43 Å². The number of hydrogen-bond donors (Lipinski definition) is 2. The van der Waals surface area contributed by atoms with Crippen molar-refractivity contribution < 1.29 is 24.2 Å². The van der Waals surface area contributed by atoms with E-state index in [1.165, 1.54) is 37.6 Å². The van der Waals surface area contributed by atoms with Gasteiger partial charge in [0, 0.05) is 5.02 Å². The highest BCUT2D eigenvalue weighted by Crippen LogP contribution is 2.30. The number of esters is 1. The van der Waals surface area contributed by atoms with Gasteiger partial charge in [0.15, 0.2) is 11.5 Å². The molecule has 7 nitrogen and oxygen atoms in total. The van der Waals surface area contributed by atoms with Gasteiger partial charge in [0.05, 0.1) is 35.2 Å². The molecule has 9 heteroatoms. The number of carbonyl (C=O) groups is 2. The number of methoxy groups -OCH3 is 1. The minimum atomic E-state index is -1.03. The first-order valence-electron chi connectivity index (χ1n) is 8.85. The van der Waals surface area contributed by atoms with Crippen molar-refractivity contribution >= 4 is 47.0 Å². The lowest BCUT2D eigenvalue weighted by Crippen LogP contribution is -2.10. The molecule has 0 bridgehead atoms. The molecule has 0 aromatic heterocycles. The Bertz CT molecular complexity index is 1160. The average molecular weight is 459 g/mol. The Balaban J connectivity index is 1.72. The van der Waals surface area contributed by atoms with E-state index in [2.05, 4.69) is 10.5 Å². The van der Waals surface area contributed by atoms with E-state index in [1.807, 2.05) is 0 Å². The molecule has 0 radical (unpaired) electrons. The molecular weight excluding hydrogens is 443 g/mol. The number of rotatable bonds is 7. The van der Waals surface area contributed by atoms with Gasteiger partial charge in [-0.15, -0.1) is 0 Å². The van der Waals surface area contributed by atoms with Gasteiger partial charge in [-0.1, -0.05) is 29.3 Å². The van der Waals surface area contributed by atoms with E-state index < -0.39 is 11.9 Å². The van der Waals surface area contributed by atoms with Crippen molar-refractivity contribution in [1.29, 1.82) is 0 Å². The molecule has 0 aliphatic carbocycles. The molecule has 0 amide bonds. The van der Waals surface area contributed by atoms with E-state index >= 15 is 0 Å². The van der Waals surface area contributed by atoms with E-state index in [4.69, 9.17) is 37.8 Å². The fourth-order valence-electron chi connectivity index (χ4n) is 2.56. The summed E-state index contributed by atoms with van der Waals surface area (Å²) >= 11 is 11.9. The number of halogens is 2. The Kier molecular flexibility index (Phi) is 7.12. The lowest BCUT2D eigenvalue weighted by atomic mass is 10.2. The molecule has 0 saturated heterocycles. The molecule has 158 valence electrons. The number of nitrogens with zero attached hydrogens (tertiary/aromatic N) is 1. The highest BCUT2D eigenvalue weighted by atomic mass is 35.5. The number of hydrogen-bond acceptors (Lipinski definition) is 6. The van der Waals surface area contributed by atoms with Crippen molar-refractivity contribution in [1.82, 2.24) is 0 Å². The molecule has 0 aliphatic heterocycles. The Morgan fingerprint density at radius 3 is 2.55 bits per heavy atom. The number of carbonyl (C=O) groups excluding carboxylic acids is 1. The number of nitrogens with one attached hydrogen (secondary N) is 1. The summed E-state index contributed by atoms with van der Waals surface area (Å²) in [6.07, 6.45) is 1.51. The topological polar surface area (TPSA) is 97.2 Å². The Hall–Kier alpha value is -3.55. The smallest absolute Gasteiger partial charge is 0.345 e. The molecule has 0 aliphatic rings. The van der Waals surface area contributed by atoms with Crippen LogP contribution in [0, 0.1) is 0 Å². The van der Waals surface area contributed by atoms with Crippen LogP contribution in [0.4, 0.5) is 5.69 Å². The van der Waals surface area contributed by atoms with E-state index in [9.17, 15) is 9.59 Å². The minimum absolute atomic E-state index is 0.147. The van der Waals surface area contributed by atoms with Gasteiger partial charge < -0.3 is 14.6 Å². The number of benzene rings is 3. The number of anilines is 1. The van der Waals surface area contributed by atoms with Crippen LogP contribution < -0.4 is 14.9 Å². The van der Waals surface area contributed by atoms with Crippen LogP contribution in [0.3, 0.4) is 0 Å². The first-order chi connectivity index (χ1) is 14.9. The summed E-state index contributed by atoms with van der Waals surface area (Å²) in [7, 11) is 1.44. The summed E-state index contributed by atoms with van der Waals surface area (Å²) in [5, 5.41) is 13.7. The monoisotopic (exact) mass is 458 g/mol. The van der Waals surface area contributed by atoms with E-state index in [0.717, 1.165) is 0 Å². The summed E-state index contributed by atoms with van der Waals surface area (Å²) < 4.78 is 10.7. The highest BCUT2D eigenvalue weighted by molar-refractivity contribution is 6.36. The first-order valence-corrected chi connectivity index (χ1v) is 9.60. The van der Waals surface area contributed by atoms with E-state index in [1.54, 1.807) is 36.4 Å². The van der Waals surface area contributed by atoms with Crippen LogP contribution in [0.5, 0.6) is 11.5 Å². The normalized spacial score (nSPS) is 10.7. The summed E-state index contributed by atoms with van der Waals surface area (Å²) in [6, 6.07) is 15.6. The summed E-state index contributed by atoms with van der Waals surface area (Å²) in [4.78, 5) is 23.4. The largest absolute Gasteiger partial charge is 0.493 e. The highest BCUT2D eigenvalue weighted by Gasteiger charge is 2.16. The SMILES string of the molecule is COc1cc(C=NNc2cccc(C(=O)O)c2)ccc1OC(=O)c1ccc(Cl)cc1Cl. The van der Waals surface area contributed by atoms with Crippen LogP contribution in [-0.4, -0.2) is 30.4 Å². The van der Waals surface area contributed by atoms with Crippen LogP contribution in [0.2, 0.25) is 10.0 Å². The quantitative estimate of drug-likeness (QED) is 0.214. The second kappa shape index (κ2) is 9.97. The number of aromatic carboxylic acids is 1. The molecule has 3 aromatic rings. The second-order valence-electron chi connectivity index (χ2n) is 6.18. The molecule has 0 spiro atoms. The zero-order chi connectivity index (χ0) is 22.4. The van der Waals surface area contributed by atoms with E-state index in [-0.39, 0.29) is 21.9 Å². The zero-order valence-corrected chi connectivity index (χ0v) is 17.6. The third kappa shape index (κ3) is 5.75. The predicted octanol–water partition coefficient (Wildman–Crippen LogP) is 5.37. The molecule has 3 rings (SSSR count). The maximum absolute atomic E-state index is 12.4. The van der Waals surface area contributed by atoms with Crippen molar-refractivity contribution in [3.8, 4) is 11.5 Å². The summed E-state index contributed by atoms with van der Waals surface area (Å²) in [6.45, 7) is 0. The number of carboxylic acid groups (broad SMARTS) is 1. The molecule has 0 saturated carbocycles. The van der Waals surface area contributed by atoms with Gasteiger partial charge in [0.2, 0.25) is 0 Å². The third-order valence-corrected chi connectivity index (χ3v) is 4.61. The standard InChI is InChI=1S/C22H16Cl2N2O5/c1-30-20-9-13(12-25-26-16-4-2-3-14(10-16)21(27)28)5-8-19(20)31-22(29)17-7-6-15(23)11-18(17)24/h2-12,26H,1H3,(H,27,28). The molecule has 0 fully saturated rings. The van der Waals surface area contributed by atoms with Gasteiger partial charge in [-0.05, 0) is 60.2 Å². The molecule has 0 atom stereocenters. The maximum atomic E-state index is 12.4. The number of ether oxygens (including phenoxy) is 2. The zero-order valence-electron chi connectivity index (χ0n) is 16.1. The van der Waals surface area contributed by atoms with Crippen LogP contribution in [-0.2, 0) is 0 Å². The Morgan fingerprint density at radius 2 is 1.84 bits per heavy atom. The van der Waals surface area contributed by atoms with Gasteiger partial charge in [-0.2, -0.15) is 5.10 Å². The van der Waals surface area contributed by atoms with E-state index in [0.29, 0.717) is 22.0 Å². The molecule has 0 heterocycles. The van der Waals surface area contributed by atoms with Crippen LogP contribution in [0.1, 0.15) is 26.3 Å². The lowest BCUT2D eigenvalue weighted by Gasteiger charge is -2.10. The third-order valence-electron chi connectivity index (χ3n) is 4.06. The van der Waals surface area contributed by atoms with Crippen molar-refractivity contribution in [2.75, 3.05) is 12.5 Å². The van der Waals surface area contributed by atoms with Crippen molar-refractivity contribution in [2.45, 2.75) is 0 Å². The summed E-state index contributed by atoms with van der Waals surface area (Å²) in [5.41, 5.74) is 4.26. The van der Waals surface area contributed by atoms with Gasteiger partial charge in [0.25, 0.3) is 0 Å².